The number of nitrogens with one attached hydrogen (secondary N) is 2. The van der Waals surface area contributed by atoms with Crippen LogP contribution < -0.4 is 10.6 Å². The number of ether oxygens (including phenoxy) is 3. The van der Waals surface area contributed by atoms with E-state index in [1.807, 2.05) is 7.05 Å². The molecule has 0 spiro atoms. The standard InChI is InChI=1S/C51H104N2O3/c1-5-7-9-11-13-15-17-19-21-23-25-27-29-31-33-37-43-51(44-38-34-32-30-28-26-24-22-20-18-16-14-12-10-8-6-2)55-49(41-46-53-4)50(56-51)42-48-54-47-40-36-35-39-45-52-3/h49-50,52-53H,5-48H2,1-4H3. The Labute approximate surface area is 352 Å². The van der Waals surface area contributed by atoms with E-state index < -0.39 is 0 Å². The molecule has 1 aliphatic rings. The van der Waals surface area contributed by atoms with Gasteiger partial charge in [0, 0.05) is 26.1 Å². The van der Waals surface area contributed by atoms with Crippen molar-refractivity contribution in [2.45, 2.75) is 289 Å². The summed E-state index contributed by atoms with van der Waals surface area (Å²) in [6.07, 6.45) is 54.5. The summed E-state index contributed by atoms with van der Waals surface area (Å²) in [6, 6.07) is 0. The van der Waals surface area contributed by atoms with Crippen molar-refractivity contribution in [3.8, 4) is 0 Å². The molecule has 5 heteroatoms. The SMILES string of the molecule is CCCCCCCCCCCCCCCCCCC1(CCCCCCCCCCCCCCCCCC)OC(CCNC)C(CCOCCCCCCNC)O1. The summed E-state index contributed by atoms with van der Waals surface area (Å²) in [7, 11) is 4.10. The zero-order valence-electron chi connectivity index (χ0n) is 39.0. The van der Waals surface area contributed by atoms with Gasteiger partial charge in [0.25, 0.3) is 0 Å². The summed E-state index contributed by atoms with van der Waals surface area (Å²) in [6.45, 7) is 8.38. The largest absolute Gasteiger partial charge is 0.381 e. The molecule has 0 aliphatic carbocycles. The van der Waals surface area contributed by atoms with Crippen LogP contribution in [-0.2, 0) is 14.2 Å². The van der Waals surface area contributed by atoms with Crippen LogP contribution in [0.2, 0.25) is 0 Å². The highest BCUT2D eigenvalue weighted by molar-refractivity contribution is 4.87. The summed E-state index contributed by atoms with van der Waals surface area (Å²) in [5.41, 5.74) is 0. The summed E-state index contributed by atoms with van der Waals surface area (Å²) in [5.74, 6) is -0.387. The highest BCUT2D eigenvalue weighted by Gasteiger charge is 2.46. The lowest BCUT2D eigenvalue weighted by Crippen LogP contribution is -2.31. The van der Waals surface area contributed by atoms with Crippen molar-refractivity contribution < 1.29 is 14.2 Å². The van der Waals surface area contributed by atoms with Crippen LogP contribution in [0, 0.1) is 0 Å². The van der Waals surface area contributed by atoms with Crippen LogP contribution in [0.15, 0.2) is 0 Å². The van der Waals surface area contributed by atoms with E-state index in [9.17, 15) is 0 Å². The Morgan fingerprint density at radius 2 is 0.679 bits per heavy atom. The molecule has 5 nitrogen and oxygen atoms in total. The van der Waals surface area contributed by atoms with Crippen molar-refractivity contribution >= 4 is 0 Å². The van der Waals surface area contributed by atoms with Gasteiger partial charge in [0.05, 0.1) is 12.2 Å². The molecular formula is C51H104N2O3. The van der Waals surface area contributed by atoms with Crippen molar-refractivity contribution in [2.75, 3.05) is 40.4 Å². The van der Waals surface area contributed by atoms with Gasteiger partial charge in [0.1, 0.15) is 0 Å². The monoisotopic (exact) mass is 793 g/mol. The lowest BCUT2D eigenvalue weighted by Gasteiger charge is -2.29. The van der Waals surface area contributed by atoms with Gasteiger partial charge in [-0.15, -0.1) is 0 Å². The minimum atomic E-state index is -0.387. The van der Waals surface area contributed by atoms with Crippen molar-refractivity contribution in [3.63, 3.8) is 0 Å². The maximum atomic E-state index is 7.04. The van der Waals surface area contributed by atoms with Gasteiger partial charge in [-0.1, -0.05) is 219 Å². The lowest BCUT2D eigenvalue weighted by molar-refractivity contribution is -0.187. The Bertz CT molecular complexity index is 715. The molecule has 0 aromatic rings. The van der Waals surface area contributed by atoms with Gasteiger partial charge in [-0.2, -0.15) is 0 Å². The number of rotatable bonds is 47. The summed E-state index contributed by atoms with van der Waals surface area (Å²) < 4.78 is 20.2. The second-order valence-corrected chi connectivity index (χ2v) is 18.1. The third kappa shape index (κ3) is 33.6. The molecule has 2 N–H and O–H groups in total. The predicted octanol–water partition coefficient (Wildman–Crippen LogP) is 15.6. The molecule has 1 heterocycles. The van der Waals surface area contributed by atoms with E-state index in [0.29, 0.717) is 0 Å². The predicted molar refractivity (Wildman–Crippen MR) is 247 cm³/mol. The highest BCUT2D eigenvalue weighted by Crippen LogP contribution is 2.40. The smallest absolute Gasteiger partial charge is 0.169 e. The van der Waals surface area contributed by atoms with Crippen molar-refractivity contribution in [2.24, 2.45) is 0 Å². The van der Waals surface area contributed by atoms with Crippen LogP contribution in [0.3, 0.4) is 0 Å². The second kappa shape index (κ2) is 42.9. The number of hydrogen-bond donors (Lipinski definition) is 2. The fourth-order valence-electron chi connectivity index (χ4n) is 8.91. The van der Waals surface area contributed by atoms with Crippen molar-refractivity contribution in [1.29, 1.82) is 0 Å². The number of unbranched alkanes of at least 4 members (excludes halogenated alkanes) is 33. The van der Waals surface area contributed by atoms with Crippen LogP contribution in [-0.4, -0.2) is 58.4 Å². The molecule has 1 fully saturated rings. The van der Waals surface area contributed by atoms with E-state index in [4.69, 9.17) is 14.2 Å². The summed E-state index contributed by atoms with van der Waals surface area (Å²) in [4.78, 5) is 0. The average molecular weight is 793 g/mol. The summed E-state index contributed by atoms with van der Waals surface area (Å²) >= 11 is 0. The van der Waals surface area contributed by atoms with Gasteiger partial charge in [-0.05, 0) is 65.7 Å². The van der Waals surface area contributed by atoms with Gasteiger partial charge in [0.2, 0.25) is 0 Å². The molecule has 0 bridgehead atoms. The Balaban J connectivity index is 2.39. The first-order valence-corrected chi connectivity index (χ1v) is 25.9. The fraction of sp³-hybridized carbons (Fsp3) is 1.00. The van der Waals surface area contributed by atoms with E-state index in [1.54, 1.807) is 0 Å². The molecule has 0 radical (unpaired) electrons. The van der Waals surface area contributed by atoms with Gasteiger partial charge < -0.3 is 24.8 Å². The molecule has 2 unspecified atom stereocenters. The minimum Gasteiger partial charge on any atom is -0.381 e. The fourth-order valence-corrected chi connectivity index (χ4v) is 8.91. The van der Waals surface area contributed by atoms with Crippen LogP contribution in [0.25, 0.3) is 0 Å². The van der Waals surface area contributed by atoms with E-state index in [0.717, 1.165) is 58.4 Å². The lowest BCUT2D eigenvalue weighted by atomic mass is 9.98. The van der Waals surface area contributed by atoms with Gasteiger partial charge in [0.15, 0.2) is 5.79 Å². The second-order valence-electron chi connectivity index (χ2n) is 18.1. The van der Waals surface area contributed by atoms with E-state index >= 15 is 0 Å². The maximum Gasteiger partial charge on any atom is 0.169 e. The average Bonchev–Trinajstić information content (AvgIpc) is 3.55. The maximum absolute atomic E-state index is 7.04. The zero-order valence-corrected chi connectivity index (χ0v) is 39.0. The molecule has 336 valence electrons. The molecule has 0 saturated carbocycles. The third-order valence-corrected chi connectivity index (χ3v) is 12.7. The molecule has 0 amide bonds. The Morgan fingerprint density at radius 1 is 0.357 bits per heavy atom. The van der Waals surface area contributed by atoms with Crippen LogP contribution in [0.4, 0.5) is 0 Å². The zero-order chi connectivity index (χ0) is 40.3. The van der Waals surface area contributed by atoms with Gasteiger partial charge in [-0.3, -0.25) is 0 Å². The molecule has 1 rings (SSSR count). The third-order valence-electron chi connectivity index (χ3n) is 12.7. The molecule has 56 heavy (non-hydrogen) atoms. The Kier molecular flexibility index (Phi) is 41.2. The van der Waals surface area contributed by atoms with Crippen LogP contribution in [0.1, 0.15) is 271 Å². The van der Waals surface area contributed by atoms with Crippen LogP contribution >= 0.6 is 0 Å². The van der Waals surface area contributed by atoms with Gasteiger partial charge in [-0.25, -0.2) is 0 Å². The van der Waals surface area contributed by atoms with Crippen LogP contribution in [0.5, 0.6) is 0 Å². The van der Waals surface area contributed by atoms with Crippen molar-refractivity contribution in [3.05, 3.63) is 0 Å². The first-order valence-electron chi connectivity index (χ1n) is 25.9. The molecular weight excluding hydrogens is 689 g/mol. The molecule has 1 saturated heterocycles. The van der Waals surface area contributed by atoms with Crippen molar-refractivity contribution in [1.82, 2.24) is 10.6 Å². The molecule has 0 aromatic heterocycles. The summed E-state index contributed by atoms with van der Waals surface area (Å²) in [5, 5.41) is 6.63. The first-order chi connectivity index (χ1) is 27.7. The number of hydrogen-bond acceptors (Lipinski definition) is 5. The minimum absolute atomic E-state index is 0.154. The molecule has 0 aromatic carbocycles. The van der Waals surface area contributed by atoms with E-state index in [2.05, 4.69) is 31.5 Å². The van der Waals surface area contributed by atoms with E-state index in [-0.39, 0.29) is 18.0 Å². The Morgan fingerprint density at radius 3 is 1.05 bits per heavy atom. The normalized spacial score (nSPS) is 16.7. The highest BCUT2D eigenvalue weighted by atomic mass is 16.8. The van der Waals surface area contributed by atoms with Gasteiger partial charge >= 0.3 is 0 Å². The topological polar surface area (TPSA) is 51.8 Å². The molecule has 1 aliphatic heterocycles. The Hall–Kier alpha value is -0.200. The van der Waals surface area contributed by atoms with E-state index in [1.165, 1.54) is 225 Å². The first kappa shape index (κ1) is 53.8. The molecule has 2 atom stereocenters. The quantitative estimate of drug-likeness (QED) is 0.0601.